The van der Waals surface area contributed by atoms with Crippen molar-refractivity contribution >= 4 is 17.3 Å². The van der Waals surface area contributed by atoms with Crippen LogP contribution in [-0.2, 0) is 24.3 Å². The Morgan fingerprint density at radius 2 is 2.12 bits per heavy atom. The zero-order chi connectivity index (χ0) is 22.6. The van der Waals surface area contributed by atoms with E-state index in [2.05, 4.69) is 15.0 Å². The number of nitrogen functional groups attached to an aromatic ring is 1. The van der Waals surface area contributed by atoms with Gasteiger partial charge in [-0.25, -0.2) is 9.37 Å². The summed E-state index contributed by atoms with van der Waals surface area (Å²) < 4.78 is 13.9. The molecule has 1 aromatic carbocycles. The van der Waals surface area contributed by atoms with E-state index in [1.54, 1.807) is 11.0 Å². The summed E-state index contributed by atoms with van der Waals surface area (Å²) in [5, 5.41) is 18.2. The molecule has 1 saturated carbocycles. The number of phenols is 1. The Labute approximate surface area is 183 Å². The molecule has 1 fully saturated rings. The van der Waals surface area contributed by atoms with E-state index in [0.29, 0.717) is 47.8 Å². The average molecular weight is 434 g/mol. The normalized spacial score (nSPS) is 15.1. The maximum absolute atomic E-state index is 13.9. The minimum absolute atomic E-state index is 0.101. The topological polar surface area (TPSA) is 132 Å². The molecule has 32 heavy (non-hydrogen) atoms. The third-order valence-electron chi connectivity index (χ3n) is 6.06. The number of aromatic amines is 1. The maximum atomic E-state index is 13.9. The van der Waals surface area contributed by atoms with Crippen LogP contribution in [-0.4, -0.2) is 36.6 Å². The zero-order valence-corrected chi connectivity index (χ0v) is 17.6. The van der Waals surface area contributed by atoms with Crippen molar-refractivity contribution in [2.24, 2.45) is 5.92 Å². The fourth-order valence-corrected chi connectivity index (χ4v) is 4.09. The highest BCUT2D eigenvalue weighted by atomic mass is 19.1. The monoisotopic (exact) mass is 434 g/mol. The highest BCUT2D eigenvalue weighted by molar-refractivity contribution is 6.11. The average Bonchev–Trinajstić information content (AvgIpc) is 3.43. The molecule has 3 heterocycles. The summed E-state index contributed by atoms with van der Waals surface area (Å²) in [6.45, 7) is 2.83. The van der Waals surface area contributed by atoms with Crippen LogP contribution in [0, 0.1) is 17.1 Å². The summed E-state index contributed by atoms with van der Waals surface area (Å²) in [5.41, 5.74) is 10.4. The number of amides is 1. The van der Waals surface area contributed by atoms with Gasteiger partial charge in [0.15, 0.2) is 17.4 Å². The highest BCUT2D eigenvalue weighted by Crippen LogP contribution is 2.34. The van der Waals surface area contributed by atoms with E-state index >= 15 is 0 Å². The molecule has 0 radical (unpaired) electrons. The van der Waals surface area contributed by atoms with Gasteiger partial charge in [-0.2, -0.15) is 0 Å². The zero-order valence-electron chi connectivity index (χ0n) is 17.6. The number of nitrogens with zero attached hydrogens (tertiary/aromatic N) is 3. The quantitative estimate of drug-likeness (QED) is 0.458. The second kappa shape index (κ2) is 7.44. The molecule has 8 nitrogen and oxygen atoms in total. The fraction of sp³-hybridized carbons (Fsp3) is 0.304. The van der Waals surface area contributed by atoms with E-state index in [4.69, 9.17) is 11.1 Å². The van der Waals surface area contributed by atoms with E-state index in [-0.39, 0.29) is 17.5 Å². The molecular formula is C23H23FN6O2. The van der Waals surface area contributed by atoms with Crippen molar-refractivity contribution in [1.82, 2.24) is 19.9 Å². The minimum Gasteiger partial charge on any atom is -0.505 e. The second-order valence-electron chi connectivity index (χ2n) is 8.33. The van der Waals surface area contributed by atoms with Crippen molar-refractivity contribution in [2.75, 3.05) is 5.73 Å². The first-order valence-corrected chi connectivity index (χ1v) is 10.6. The molecule has 164 valence electrons. The molecule has 1 amide bonds. The van der Waals surface area contributed by atoms with Gasteiger partial charge in [0.25, 0.3) is 0 Å². The number of H-pyrrole nitrogens is 1. The smallest absolute Gasteiger partial charge is 0.226 e. The van der Waals surface area contributed by atoms with Crippen LogP contribution in [0.3, 0.4) is 0 Å². The molecule has 1 aliphatic heterocycles. The lowest BCUT2D eigenvalue weighted by atomic mass is 9.99. The highest BCUT2D eigenvalue weighted by Gasteiger charge is 2.37. The third kappa shape index (κ3) is 3.39. The predicted molar refractivity (Wildman–Crippen MR) is 117 cm³/mol. The second-order valence-corrected chi connectivity index (χ2v) is 8.33. The van der Waals surface area contributed by atoms with E-state index in [1.807, 2.05) is 6.92 Å². The number of carbonyl (C=O) groups is 1. The van der Waals surface area contributed by atoms with Crippen LogP contribution in [0.2, 0.25) is 0 Å². The molecule has 9 heteroatoms. The van der Waals surface area contributed by atoms with Gasteiger partial charge in [0.2, 0.25) is 5.91 Å². The summed E-state index contributed by atoms with van der Waals surface area (Å²) in [7, 11) is 0. The van der Waals surface area contributed by atoms with Crippen LogP contribution in [0.15, 0.2) is 24.4 Å². The van der Waals surface area contributed by atoms with Gasteiger partial charge in [-0.1, -0.05) is 6.92 Å². The number of nitrogens with one attached hydrogen (secondary N) is 2. The van der Waals surface area contributed by atoms with Gasteiger partial charge in [-0.3, -0.25) is 15.2 Å². The number of nitrogens with two attached hydrogens (primary N) is 1. The first-order valence-electron chi connectivity index (χ1n) is 10.6. The van der Waals surface area contributed by atoms with Crippen LogP contribution < -0.4 is 5.73 Å². The molecule has 0 atom stereocenters. The summed E-state index contributed by atoms with van der Waals surface area (Å²) in [6.07, 6.45) is 3.99. The lowest BCUT2D eigenvalue weighted by molar-refractivity contribution is -0.133. The Bertz CT molecular complexity index is 1240. The molecule has 0 unspecified atom stereocenters. The van der Waals surface area contributed by atoms with Crippen molar-refractivity contribution < 1.29 is 14.3 Å². The summed E-state index contributed by atoms with van der Waals surface area (Å²) in [5.74, 6) is -0.417. The van der Waals surface area contributed by atoms with Gasteiger partial charge in [0.1, 0.15) is 5.71 Å². The number of aromatic nitrogens is 3. The summed E-state index contributed by atoms with van der Waals surface area (Å²) >= 11 is 0. The number of phenolic OH excluding ortho intramolecular Hbond substituents is 1. The number of carbonyl (C=O) groups excluding carboxylic acids is 1. The Hall–Kier alpha value is -3.75. The van der Waals surface area contributed by atoms with Crippen molar-refractivity contribution in [1.29, 1.82) is 5.41 Å². The number of benzene rings is 1. The number of fused-ring (bicyclic) bond motifs is 1. The van der Waals surface area contributed by atoms with Gasteiger partial charge in [0, 0.05) is 28.9 Å². The molecule has 5 rings (SSSR count). The van der Waals surface area contributed by atoms with E-state index in [1.165, 1.54) is 18.3 Å². The lowest BCUT2D eigenvalue weighted by Gasteiger charge is -2.15. The van der Waals surface area contributed by atoms with Gasteiger partial charge in [0.05, 0.1) is 30.2 Å². The molecule has 5 N–H and O–H groups in total. The molecule has 0 bridgehead atoms. The first-order chi connectivity index (χ1) is 15.4. The molecular weight excluding hydrogens is 411 g/mol. The maximum Gasteiger partial charge on any atom is 0.226 e. The molecule has 2 aromatic heterocycles. The van der Waals surface area contributed by atoms with Crippen molar-refractivity contribution in [3.8, 4) is 17.0 Å². The lowest BCUT2D eigenvalue weighted by Crippen LogP contribution is -2.27. The number of rotatable bonds is 5. The number of aryl methyl sites for hydroxylation is 1. The van der Waals surface area contributed by atoms with E-state index < -0.39 is 11.6 Å². The number of imidazole rings is 1. The number of halogens is 1. The van der Waals surface area contributed by atoms with Crippen LogP contribution in [0.25, 0.3) is 11.3 Å². The Balaban J connectivity index is 1.39. The van der Waals surface area contributed by atoms with E-state index in [0.717, 1.165) is 29.8 Å². The number of hydrogen-bond acceptors (Lipinski definition) is 6. The molecule has 0 spiro atoms. The SMILES string of the molecule is CCc1cc(O)c(F)cc1-c1cc(N)c(C(=N)c2nc3c([nH]2)CN(C(=O)C2CC2)C3)cn1. The van der Waals surface area contributed by atoms with Crippen molar-refractivity contribution in [2.45, 2.75) is 39.3 Å². The van der Waals surface area contributed by atoms with Gasteiger partial charge in [-0.05, 0) is 43.0 Å². The molecule has 3 aromatic rings. The number of hydrogen-bond donors (Lipinski definition) is 4. The van der Waals surface area contributed by atoms with Gasteiger partial charge < -0.3 is 20.7 Å². The Morgan fingerprint density at radius 1 is 1.34 bits per heavy atom. The Kier molecular flexibility index (Phi) is 4.69. The molecule has 1 aliphatic carbocycles. The third-order valence-corrected chi connectivity index (χ3v) is 6.06. The standard InChI is InChI=1S/C23H23FN6O2/c1-2-11-5-20(31)15(24)6-13(11)17-7-16(25)14(8-27-17)21(26)22-28-18-9-30(10-19(18)29-22)23(32)12-3-4-12/h5-8,12,26,31H,2-4,9-10H2,1H3,(H2,25,27)(H,28,29). The van der Waals surface area contributed by atoms with Crippen LogP contribution in [0.1, 0.15) is 48.1 Å². The van der Waals surface area contributed by atoms with Gasteiger partial charge >= 0.3 is 0 Å². The van der Waals surface area contributed by atoms with Crippen LogP contribution in [0.5, 0.6) is 5.75 Å². The van der Waals surface area contributed by atoms with Crippen LogP contribution in [0.4, 0.5) is 10.1 Å². The number of anilines is 1. The van der Waals surface area contributed by atoms with E-state index in [9.17, 15) is 14.3 Å². The van der Waals surface area contributed by atoms with Crippen LogP contribution >= 0.6 is 0 Å². The predicted octanol–water partition coefficient (Wildman–Crippen LogP) is 3.13. The first kappa shape index (κ1) is 20.2. The summed E-state index contributed by atoms with van der Waals surface area (Å²) in [6, 6.07) is 4.23. The number of aromatic hydroxyl groups is 1. The summed E-state index contributed by atoms with van der Waals surface area (Å²) in [4.78, 5) is 26.1. The van der Waals surface area contributed by atoms with Crippen molar-refractivity contribution in [3.63, 3.8) is 0 Å². The van der Waals surface area contributed by atoms with Gasteiger partial charge in [-0.15, -0.1) is 0 Å². The fourth-order valence-electron chi connectivity index (χ4n) is 4.09. The minimum atomic E-state index is -0.728. The largest absolute Gasteiger partial charge is 0.505 e. The molecule has 2 aliphatic rings. The van der Waals surface area contributed by atoms with Crippen molar-refractivity contribution in [3.05, 3.63) is 58.6 Å². The molecule has 0 saturated heterocycles. The Morgan fingerprint density at radius 3 is 2.78 bits per heavy atom. The number of pyridine rings is 1.